The third-order valence-corrected chi connectivity index (χ3v) is 3.06. The first-order chi connectivity index (χ1) is 9.45. The van der Waals surface area contributed by atoms with E-state index < -0.39 is 11.6 Å². The monoisotopic (exact) mass is 285 g/mol. The van der Waals surface area contributed by atoms with Gasteiger partial charge in [0.15, 0.2) is 0 Å². The van der Waals surface area contributed by atoms with Crippen LogP contribution in [0.15, 0.2) is 12.1 Å². The lowest BCUT2D eigenvalue weighted by molar-refractivity contribution is -0.143. The Morgan fingerprint density at radius 3 is 2.70 bits per heavy atom. The van der Waals surface area contributed by atoms with Crippen LogP contribution in [0, 0.1) is 18.6 Å². The first kappa shape index (κ1) is 16.6. The van der Waals surface area contributed by atoms with E-state index in [1.165, 1.54) is 19.1 Å². The van der Waals surface area contributed by atoms with Crippen molar-refractivity contribution in [2.45, 2.75) is 39.7 Å². The minimum atomic E-state index is -0.422. The smallest absolute Gasteiger partial charge is 0.305 e. The number of rotatable bonds is 7. The summed E-state index contributed by atoms with van der Waals surface area (Å²) in [5.74, 6) is -1.08. The van der Waals surface area contributed by atoms with Crippen molar-refractivity contribution in [2.24, 2.45) is 0 Å². The summed E-state index contributed by atoms with van der Waals surface area (Å²) in [6, 6.07) is 2.10. The Labute approximate surface area is 118 Å². The second-order valence-corrected chi connectivity index (χ2v) is 4.71. The molecule has 0 aromatic heterocycles. The summed E-state index contributed by atoms with van der Waals surface area (Å²) in [4.78, 5) is 11.1. The van der Waals surface area contributed by atoms with Gasteiger partial charge in [0.25, 0.3) is 0 Å². The molecule has 5 heteroatoms. The van der Waals surface area contributed by atoms with Gasteiger partial charge in [-0.2, -0.15) is 0 Å². The van der Waals surface area contributed by atoms with Gasteiger partial charge in [0, 0.05) is 18.0 Å². The van der Waals surface area contributed by atoms with Gasteiger partial charge in [0.05, 0.1) is 6.61 Å². The van der Waals surface area contributed by atoms with E-state index in [4.69, 9.17) is 4.74 Å². The Hall–Kier alpha value is -1.49. The molecule has 20 heavy (non-hydrogen) atoms. The van der Waals surface area contributed by atoms with Crippen molar-refractivity contribution >= 4 is 5.97 Å². The summed E-state index contributed by atoms with van der Waals surface area (Å²) >= 11 is 0. The van der Waals surface area contributed by atoms with E-state index in [0.717, 1.165) is 0 Å². The van der Waals surface area contributed by atoms with Crippen LogP contribution in [-0.4, -0.2) is 19.1 Å². The van der Waals surface area contributed by atoms with Gasteiger partial charge in [-0.1, -0.05) is 0 Å². The van der Waals surface area contributed by atoms with Crippen LogP contribution in [0.25, 0.3) is 0 Å². The Bertz CT molecular complexity index is 463. The maximum absolute atomic E-state index is 13.7. The molecule has 0 radical (unpaired) electrons. The second kappa shape index (κ2) is 7.94. The number of carbonyl (C=O) groups is 1. The molecule has 1 N–H and O–H groups in total. The average molecular weight is 285 g/mol. The van der Waals surface area contributed by atoms with Crippen LogP contribution in [0.5, 0.6) is 0 Å². The Kier molecular flexibility index (Phi) is 6.58. The number of halogens is 2. The summed E-state index contributed by atoms with van der Waals surface area (Å²) in [5.41, 5.74) is 0.588. The molecule has 0 aliphatic heterocycles. The van der Waals surface area contributed by atoms with Crippen molar-refractivity contribution in [3.63, 3.8) is 0 Å². The fourth-order valence-corrected chi connectivity index (χ4v) is 1.89. The minimum Gasteiger partial charge on any atom is -0.466 e. The highest BCUT2D eigenvalue weighted by Gasteiger charge is 2.13. The number of nitrogens with one attached hydrogen (secondary N) is 1. The predicted molar refractivity (Wildman–Crippen MR) is 73.4 cm³/mol. The molecule has 1 aromatic rings. The van der Waals surface area contributed by atoms with Crippen molar-refractivity contribution in [3.05, 3.63) is 34.9 Å². The summed E-state index contributed by atoms with van der Waals surface area (Å²) in [6.45, 7) is 5.95. The Morgan fingerprint density at radius 2 is 2.05 bits per heavy atom. The normalized spacial score (nSPS) is 12.2. The number of esters is 1. The van der Waals surface area contributed by atoms with Crippen molar-refractivity contribution in [1.29, 1.82) is 0 Å². The molecule has 112 valence electrons. The molecule has 0 bridgehead atoms. The van der Waals surface area contributed by atoms with E-state index in [0.29, 0.717) is 37.1 Å². The predicted octanol–water partition coefficient (Wildman–Crippen LogP) is 3.27. The first-order valence-corrected chi connectivity index (χ1v) is 6.80. The van der Waals surface area contributed by atoms with Gasteiger partial charge in [-0.15, -0.1) is 0 Å². The largest absolute Gasteiger partial charge is 0.466 e. The fourth-order valence-electron chi connectivity index (χ4n) is 1.89. The number of hydrogen-bond acceptors (Lipinski definition) is 3. The van der Waals surface area contributed by atoms with Crippen molar-refractivity contribution in [2.75, 3.05) is 13.2 Å². The number of ether oxygens (including phenoxy) is 1. The van der Waals surface area contributed by atoms with Gasteiger partial charge in [0.2, 0.25) is 0 Å². The van der Waals surface area contributed by atoms with Crippen molar-refractivity contribution in [1.82, 2.24) is 5.32 Å². The number of benzene rings is 1. The molecule has 3 nitrogen and oxygen atoms in total. The molecule has 0 spiro atoms. The van der Waals surface area contributed by atoms with Crippen molar-refractivity contribution in [3.8, 4) is 0 Å². The molecule has 1 atom stereocenters. The van der Waals surface area contributed by atoms with Crippen LogP contribution >= 0.6 is 0 Å². The second-order valence-electron chi connectivity index (χ2n) is 4.71. The topological polar surface area (TPSA) is 38.3 Å². The zero-order chi connectivity index (χ0) is 15.1. The first-order valence-electron chi connectivity index (χ1n) is 6.80. The van der Waals surface area contributed by atoms with Crippen LogP contribution in [0.1, 0.15) is 43.9 Å². The van der Waals surface area contributed by atoms with Crippen LogP contribution in [0.4, 0.5) is 8.78 Å². The molecule has 1 rings (SSSR count). The molecule has 0 saturated carbocycles. The van der Waals surface area contributed by atoms with Gasteiger partial charge in [-0.05, 0) is 51.4 Å². The van der Waals surface area contributed by atoms with Gasteiger partial charge >= 0.3 is 5.97 Å². The molecule has 0 amide bonds. The van der Waals surface area contributed by atoms with Crippen LogP contribution < -0.4 is 5.32 Å². The van der Waals surface area contributed by atoms with E-state index in [9.17, 15) is 13.6 Å². The van der Waals surface area contributed by atoms with Gasteiger partial charge in [-0.3, -0.25) is 4.79 Å². The highest BCUT2D eigenvalue weighted by Crippen LogP contribution is 2.20. The van der Waals surface area contributed by atoms with Gasteiger partial charge < -0.3 is 10.1 Å². The van der Waals surface area contributed by atoms with Crippen LogP contribution in [-0.2, 0) is 9.53 Å². The maximum Gasteiger partial charge on any atom is 0.305 e. The highest BCUT2D eigenvalue weighted by atomic mass is 19.1. The molecular weight excluding hydrogens is 264 g/mol. The third kappa shape index (κ3) is 4.89. The van der Waals surface area contributed by atoms with Crippen LogP contribution in [0.3, 0.4) is 0 Å². The lowest BCUT2D eigenvalue weighted by Gasteiger charge is -2.15. The average Bonchev–Trinajstić information content (AvgIpc) is 2.39. The molecule has 0 heterocycles. The molecule has 1 unspecified atom stereocenters. The van der Waals surface area contributed by atoms with E-state index in [-0.39, 0.29) is 12.0 Å². The molecular formula is C15H21F2NO2. The lowest BCUT2D eigenvalue weighted by atomic mass is 10.0. The lowest BCUT2D eigenvalue weighted by Crippen LogP contribution is -2.22. The Balaban J connectivity index is 2.45. The zero-order valence-corrected chi connectivity index (χ0v) is 12.1. The van der Waals surface area contributed by atoms with Crippen molar-refractivity contribution < 1.29 is 18.3 Å². The number of hydrogen-bond donors (Lipinski definition) is 1. The fraction of sp³-hybridized carbons (Fsp3) is 0.533. The van der Waals surface area contributed by atoms with Gasteiger partial charge in [-0.25, -0.2) is 8.78 Å². The number of carbonyl (C=O) groups excluding carboxylic acids is 1. The summed E-state index contributed by atoms with van der Waals surface area (Å²) in [7, 11) is 0. The minimum absolute atomic E-state index is 0.241. The van der Waals surface area contributed by atoms with E-state index in [2.05, 4.69) is 5.32 Å². The summed E-state index contributed by atoms with van der Waals surface area (Å²) in [5, 5.41) is 3.07. The summed E-state index contributed by atoms with van der Waals surface area (Å²) in [6.07, 6.45) is 0.914. The Morgan fingerprint density at radius 1 is 1.35 bits per heavy atom. The quantitative estimate of drug-likeness (QED) is 0.617. The standard InChI is InChI=1S/C15H21F2NO2/c1-4-20-15(19)6-5-7-18-11(3)12-9-13(16)10(2)8-14(12)17/h8-9,11,18H,4-7H2,1-3H3. The molecule has 0 saturated heterocycles. The SMILES string of the molecule is CCOC(=O)CCCNC(C)c1cc(F)c(C)cc1F. The molecule has 1 aromatic carbocycles. The molecule has 0 aliphatic carbocycles. The van der Waals surface area contributed by atoms with E-state index in [1.807, 2.05) is 0 Å². The van der Waals surface area contributed by atoms with Crippen LogP contribution in [0.2, 0.25) is 0 Å². The zero-order valence-electron chi connectivity index (χ0n) is 12.1. The molecule has 0 aliphatic rings. The van der Waals surface area contributed by atoms with E-state index in [1.54, 1.807) is 13.8 Å². The number of aryl methyl sites for hydroxylation is 1. The maximum atomic E-state index is 13.7. The van der Waals surface area contributed by atoms with E-state index >= 15 is 0 Å². The van der Waals surface area contributed by atoms with Gasteiger partial charge in [0.1, 0.15) is 11.6 Å². The summed E-state index contributed by atoms with van der Waals surface area (Å²) < 4.78 is 32.0. The molecule has 0 fully saturated rings. The third-order valence-electron chi connectivity index (χ3n) is 3.06. The highest BCUT2D eigenvalue weighted by molar-refractivity contribution is 5.69.